The van der Waals surface area contributed by atoms with Gasteiger partial charge >= 0.3 is 0 Å². The molecule has 0 bridgehead atoms. The van der Waals surface area contributed by atoms with E-state index in [-0.39, 0.29) is 17.0 Å². The van der Waals surface area contributed by atoms with E-state index >= 15 is 0 Å². The van der Waals surface area contributed by atoms with Gasteiger partial charge < -0.3 is 9.64 Å². The van der Waals surface area contributed by atoms with Crippen LogP contribution in [0.1, 0.15) is 77.1 Å². The van der Waals surface area contributed by atoms with E-state index in [9.17, 15) is 17.6 Å². The number of carbonyl (C=O) groups is 1. The van der Waals surface area contributed by atoms with Gasteiger partial charge in [-0.05, 0) is 69.2 Å². The van der Waals surface area contributed by atoms with E-state index in [1.165, 1.54) is 12.1 Å². The summed E-state index contributed by atoms with van der Waals surface area (Å²) in [6.45, 7) is 11.5. The molecule has 4 rings (SSSR count). The summed E-state index contributed by atoms with van der Waals surface area (Å²) in [5, 5.41) is -0.549. The molecular weight excluding hydrogens is 493 g/mol. The Morgan fingerprint density at radius 3 is 2.51 bits per heavy atom. The molecule has 2 aliphatic rings. The minimum absolute atomic E-state index is 0.195. The van der Waals surface area contributed by atoms with Crippen molar-refractivity contribution in [1.29, 1.82) is 0 Å². The second-order valence-corrected chi connectivity index (χ2v) is 13.3. The summed E-state index contributed by atoms with van der Waals surface area (Å²) in [6, 6.07) is 7.69. The fraction of sp³-hybridized carbons (Fsp3) is 0.571. The third-order valence-electron chi connectivity index (χ3n) is 7.79. The first-order chi connectivity index (χ1) is 17.4. The van der Waals surface area contributed by atoms with Crippen molar-refractivity contribution in [1.82, 2.24) is 9.71 Å². The highest BCUT2D eigenvalue weighted by Gasteiger charge is 2.41. The number of amides is 1. The van der Waals surface area contributed by atoms with Crippen LogP contribution >= 0.6 is 0 Å². The van der Waals surface area contributed by atoms with Crippen molar-refractivity contribution < 1.29 is 22.3 Å². The van der Waals surface area contributed by atoms with E-state index in [0.717, 1.165) is 19.3 Å². The smallest absolute Gasteiger partial charge is 0.268 e. The number of nitrogens with one attached hydrogen (secondary N) is 1. The van der Waals surface area contributed by atoms with Crippen LogP contribution in [0.15, 0.2) is 30.3 Å². The minimum atomic E-state index is -3.79. The average Bonchev–Trinajstić information content (AvgIpc) is 3.46. The lowest BCUT2D eigenvalue weighted by Crippen LogP contribution is -2.44. The zero-order valence-corrected chi connectivity index (χ0v) is 23.2. The van der Waals surface area contributed by atoms with E-state index in [1.807, 2.05) is 13.8 Å². The molecule has 1 atom stereocenters. The maximum atomic E-state index is 14.5. The summed E-state index contributed by atoms with van der Waals surface area (Å²) in [5.74, 6) is 0.303. The third-order valence-corrected chi connectivity index (χ3v) is 9.61. The molecule has 1 saturated carbocycles. The first-order valence-electron chi connectivity index (χ1n) is 13.2. The van der Waals surface area contributed by atoms with Gasteiger partial charge in [0.2, 0.25) is 10.0 Å². The summed E-state index contributed by atoms with van der Waals surface area (Å²) in [7, 11) is -3.79. The van der Waals surface area contributed by atoms with Crippen LogP contribution in [0.2, 0.25) is 0 Å². The van der Waals surface area contributed by atoms with Crippen molar-refractivity contribution in [2.24, 2.45) is 11.8 Å². The summed E-state index contributed by atoms with van der Waals surface area (Å²) >= 11 is 0. The summed E-state index contributed by atoms with van der Waals surface area (Å²) in [4.78, 5) is 20.2. The van der Waals surface area contributed by atoms with Gasteiger partial charge in [-0.15, -0.1) is 0 Å². The second-order valence-electron chi connectivity index (χ2n) is 11.3. The van der Waals surface area contributed by atoms with Crippen LogP contribution in [0, 0.1) is 17.7 Å². The van der Waals surface area contributed by atoms with Crippen molar-refractivity contribution in [3.05, 3.63) is 41.7 Å². The number of nitrogens with zero attached hydrogens (tertiary/aromatic N) is 2. The molecule has 1 saturated heterocycles. The number of aromatic nitrogens is 1. The molecule has 1 unspecified atom stereocenters. The zero-order valence-electron chi connectivity index (χ0n) is 22.4. The number of pyridine rings is 1. The molecule has 0 spiro atoms. The summed E-state index contributed by atoms with van der Waals surface area (Å²) in [5.41, 5.74) is 0.892. The Morgan fingerprint density at radius 2 is 1.89 bits per heavy atom. The molecule has 1 aromatic carbocycles. The van der Waals surface area contributed by atoms with Crippen molar-refractivity contribution >= 4 is 21.7 Å². The molecule has 1 amide bonds. The van der Waals surface area contributed by atoms with Crippen LogP contribution in [0.4, 0.5) is 10.2 Å². The highest BCUT2D eigenvalue weighted by Crippen LogP contribution is 2.39. The normalized spacial score (nSPS) is 20.0. The van der Waals surface area contributed by atoms with E-state index in [2.05, 4.69) is 30.4 Å². The van der Waals surface area contributed by atoms with Crippen molar-refractivity contribution in [3.63, 3.8) is 0 Å². The van der Waals surface area contributed by atoms with Crippen molar-refractivity contribution in [2.45, 2.75) is 77.5 Å². The van der Waals surface area contributed by atoms with Gasteiger partial charge in [-0.1, -0.05) is 33.6 Å². The number of hydrogen-bond acceptors (Lipinski definition) is 6. The van der Waals surface area contributed by atoms with Crippen molar-refractivity contribution in [3.8, 4) is 17.0 Å². The first kappa shape index (κ1) is 27.4. The van der Waals surface area contributed by atoms with E-state index < -0.39 is 27.0 Å². The van der Waals surface area contributed by atoms with Gasteiger partial charge in [0.25, 0.3) is 5.91 Å². The molecule has 1 aromatic heterocycles. The molecule has 2 aromatic rings. The quantitative estimate of drug-likeness (QED) is 0.481. The molecule has 9 heteroatoms. The van der Waals surface area contributed by atoms with Crippen LogP contribution in [0.3, 0.4) is 0 Å². The maximum absolute atomic E-state index is 14.5. The number of halogens is 1. The summed E-state index contributed by atoms with van der Waals surface area (Å²) in [6.07, 6.45) is 3.72. The molecule has 2 heterocycles. The minimum Gasteiger partial charge on any atom is -0.493 e. The van der Waals surface area contributed by atoms with Gasteiger partial charge in [-0.2, -0.15) is 0 Å². The molecule has 1 aliphatic heterocycles. The van der Waals surface area contributed by atoms with E-state index in [0.29, 0.717) is 54.7 Å². The van der Waals surface area contributed by atoms with Crippen LogP contribution in [0.5, 0.6) is 5.75 Å². The Hall–Kier alpha value is -2.68. The second kappa shape index (κ2) is 10.6. The first-order valence-corrected chi connectivity index (χ1v) is 14.7. The molecule has 0 radical (unpaired) electrons. The standard InChI is InChI=1S/C28H38FN3O4S/c1-18(2)17-36-22-15-20(14-21(29)16-22)25-11-10-24(26(30-25)32-13-12-19(3)28(32,4)5)27(33)31-37(34,35)23-8-6-7-9-23/h10-11,14-16,18-19,23H,6-9,12-13,17H2,1-5H3,(H,31,33). The number of hydrogen-bond donors (Lipinski definition) is 1. The third kappa shape index (κ3) is 5.92. The fourth-order valence-electron chi connectivity index (χ4n) is 5.12. The summed E-state index contributed by atoms with van der Waals surface area (Å²) < 4.78 is 48.3. The van der Waals surface area contributed by atoms with Gasteiger partial charge in [0.05, 0.1) is 23.1 Å². The van der Waals surface area contributed by atoms with E-state index in [4.69, 9.17) is 9.72 Å². The fourth-order valence-corrected chi connectivity index (χ4v) is 6.61. The lowest BCUT2D eigenvalue weighted by atomic mass is 9.90. The van der Waals surface area contributed by atoms with Gasteiger partial charge in [0.15, 0.2) is 0 Å². The van der Waals surface area contributed by atoms with Gasteiger partial charge in [-0.3, -0.25) is 4.79 Å². The molecule has 1 N–H and O–H groups in total. The lowest BCUT2D eigenvalue weighted by molar-refractivity contribution is 0.0981. The Kier molecular flexibility index (Phi) is 7.83. The van der Waals surface area contributed by atoms with Gasteiger partial charge in [-0.25, -0.2) is 22.5 Å². The number of rotatable bonds is 8. The maximum Gasteiger partial charge on any atom is 0.268 e. The molecule has 37 heavy (non-hydrogen) atoms. The van der Waals surface area contributed by atoms with Crippen LogP contribution < -0.4 is 14.4 Å². The number of anilines is 1. The topological polar surface area (TPSA) is 88.6 Å². The monoisotopic (exact) mass is 531 g/mol. The molecular formula is C28H38FN3O4S. The number of ether oxygens (including phenoxy) is 1. The highest BCUT2D eigenvalue weighted by atomic mass is 32.2. The largest absolute Gasteiger partial charge is 0.493 e. The Labute approximate surface area is 219 Å². The van der Waals surface area contributed by atoms with Crippen LogP contribution in [-0.4, -0.2) is 43.2 Å². The Bertz CT molecular complexity index is 1260. The van der Waals surface area contributed by atoms with Crippen molar-refractivity contribution in [2.75, 3.05) is 18.1 Å². The molecule has 2 fully saturated rings. The number of benzene rings is 1. The van der Waals surface area contributed by atoms with Gasteiger partial charge in [0.1, 0.15) is 17.4 Å². The zero-order chi connectivity index (χ0) is 27.0. The molecule has 1 aliphatic carbocycles. The average molecular weight is 532 g/mol. The van der Waals surface area contributed by atoms with Crippen LogP contribution in [0.25, 0.3) is 11.3 Å². The van der Waals surface area contributed by atoms with Gasteiger partial charge in [0, 0.05) is 23.7 Å². The molecule has 202 valence electrons. The predicted molar refractivity (Wildman–Crippen MR) is 144 cm³/mol. The number of sulfonamides is 1. The lowest BCUT2D eigenvalue weighted by Gasteiger charge is -2.36. The molecule has 7 nitrogen and oxygen atoms in total. The Morgan fingerprint density at radius 1 is 1.19 bits per heavy atom. The Balaban J connectivity index is 1.74. The van der Waals surface area contributed by atoms with E-state index in [1.54, 1.807) is 18.2 Å². The number of carbonyl (C=O) groups excluding carboxylic acids is 1. The predicted octanol–water partition coefficient (Wildman–Crippen LogP) is 5.55. The highest BCUT2D eigenvalue weighted by molar-refractivity contribution is 7.90. The van der Waals surface area contributed by atoms with Crippen LogP contribution in [-0.2, 0) is 10.0 Å². The SMILES string of the molecule is CC(C)COc1cc(F)cc(-c2ccc(C(=O)NS(=O)(=O)C3CCCC3)c(N3CCC(C)C3(C)C)n2)c1.